The van der Waals surface area contributed by atoms with Crippen molar-refractivity contribution in [2.45, 2.75) is 19.2 Å². The molecule has 0 fully saturated rings. The Balaban J connectivity index is 1.96. The summed E-state index contributed by atoms with van der Waals surface area (Å²) in [6.07, 6.45) is 0. The lowest BCUT2D eigenvalue weighted by molar-refractivity contribution is -0.127. The third-order valence-electron chi connectivity index (χ3n) is 4.25. The van der Waals surface area contributed by atoms with Gasteiger partial charge in [0, 0.05) is 41.1 Å². The number of thioether (sulfide) groups is 1. The summed E-state index contributed by atoms with van der Waals surface area (Å²) in [4.78, 5) is 25.7. The maximum atomic E-state index is 12.5. The predicted octanol–water partition coefficient (Wildman–Crippen LogP) is 4.45. The van der Waals surface area contributed by atoms with E-state index in [0.717, 1.165) is 11.1 Å². The first kappa shape index (κ1) is 22.1. The molecule has 0 aliphatic heterocycles. The quantitative estimate of drug-likeness (QED) is 0.560. The zero-order valence-electron chi connectivity index (χ0n) is 16.5. The number of hydrogen-bond acceptors (Lipinski definition) is 5. The molecule has 150 valence electrons. The Morgan fingerprint density at radius 1 is 1.04 bits per heavy atom. The van der Waals surface area contributed by atoms with Crippen LogP contribution in [0.25, 0.3) is 0 Å². The number of amides is 1. The number of ether oxygens (including phenoxy) is 2. The molecule has 1 amide bonds. The topological polar surface area (TPSA) is 55.8 Å². The number of nitrogens with zero attached hydrogens (tertiary/aromatic N) is 1. The van der Waals surface area contributed by atoms with Gasteiger partial charge in [0.05, 0.1) is 20.0 Å². The van der Waals surface area contributed by atoms with Crippen LogP contribution in [0.2, 0.25) is 5.02 Å². The maximum Gasteiger partial charge on any atom is 0.232 e. The van der Waals surface area contributed by atoms with E-state index in [9.17, 15) is 9.59 Å². The van der Waals surface area contributed by atoms with Crippen molar-refractivity contribution in [2.75, 3.05) is 27.0 Å². The molecule has 0 unspecified atom stereocenters. The fraction of sp³-hybridized carbons (Fsp3) is 0.333. The first-order valence-corrected chi connectivity index (χ1v) is 10.2. The lowest BCUT2D eigenvalue weighted by Gasteiger charge is -2.19. The van der Waals surface area contributed by atoms with Crippen LogP contribution in [0.15, 0.2) is 36.4 Å². The van der Waals surface area contributed by atoms with E-state index in [1.165, 1.54) is 18.7 Å². The Kier molecular flexibility index (Phi) is 8.20. The van der Waals surface area contributed by atoms with Crippen molar-refractivity contribution < 1.29 is 19.1 Å². The van der Waals surface area contributed by atoms with Crippen molar-refractivity contribution >= 4 is 35.1 Å². The van der Waals surface area contributed by atoms with Crippen LogP contribution in [0.1, 0.15) is 28.4 Å². The molecule has 0 N–H and O–H groups in total. The minimum absolute atomic E-state index is 0.000168. The van der Waals surface area contributed by atoms with E-state index in [4.69, 9.17) is 21.1 Å². The molecule has 2 aromatic carbocycles. The smallest absolute Gasteiger partial charge is 0.232 e. The van der Waals surface area contributed by atoms with Crippen molar-refractivity contribution in [3.8, 4) is 11.5 Å². The number of ketones is 1. The second-order valence-electron chi connectivity index (χ2n) is 6.28. The lowest BCUT2D eigenvalue weighted by atomic mass is 10.1. The van der Waals surface area contributed by atoms with E-state index >= 15 is 0 Å². The predicted molar refractivity (Wildman–Crippen MR) is 114 cm³/mol. The average molecular weight is 422 g/mol. The molecule has 2 rings (SSSR count). The summed E-state index contributed by atoms with van der Waals surface area (Å²) in [6.45, 7) is 1.94. The second-order valence-corrected chi connectivity index (χ2v) is 7.70. The van der Waals surface area contributed by atoms with Crippen LogP contribution in [-0.2, 0) is 17.1 Å². The zero-order chi connectivity index (χ0) is 20.7. The highest BCUT2D eigenvalue weighted by Gasteiger charge is 2.14. The van der Waals surface area contributed by atoms with Crippen LogP contribution in [0.3, 0.4) is 0 Å². The number of carbonyl (C=O) groups is 2. The number of hydrogen-bond donors (Lipinski definition) is 0. The van der Waals surface area contributed by atoms with Crippen molar-refractivity contribution in [3.05, 3.63) is 58.1 Å². The second kappa shape index (κ2) is 10.4. The van der Waals surface area contributed by atoms with E-state index < -0.39 is 0 Å². The molecule has 0 bridgehead atoms. The van der Waals surface area contributed by atoms with Crippen LogP contribution in [-0.4, -0.2) is 43.6 Å². The van der Waals surface area contributed by atoms with Crippen LogP contribution in [0.5, 0.6) is 11.5 Å². The number of carbonyl (C=O) groups excluding carboxylic acids is 2. The molecule has 0 saturated carbocycles. The molecular formula is C21H24ClNO4S. The van der Waals surface area contributed by atoms with Crippen molar-refractivity contribution in [1.82, 2.24) is 4.90 Å². The molecule has 0 heterocycles. The summed E-state index contributed by atoms with van der Waals surface area (Å²) in [5, 5.41) is 0.600. The van der Waals surface area contributed by atoms with Gasteiger partial charge in [-0.1, -0.05) is 11.6 Å². The van der Waals surface area contributed by atoms with Crippen LogP contribution >= 0.6 is 23.4 Å². The van der Waals surface area contributed by atoms with Gasteiger partial charge in [-0.2, -0.15) is 0 Å². The van der Waals surface area contributed by atoms with Gasteiger partial charge >= 0.3 is 0 Å². The van der Waals surface area contributed by atoms with E-state index in [0.29, 0.717) is 40.1 Å². The maximum absolute atomic E-state index is 12.5. The zero-order valence-corrected chi connectivity index (χ0v) is 18.0. The standard InChI is InChI=1S/C21H24ClNO4S/c1-14(24)15-5-7-20(27-4)17(9-15)12-28-13-21(25)23(2)11-16-10-18(22)6-8-19(16)26-3/h5-10H,11-13H2,1-4H3. The van der Waals surface area contributed by atoms with E-state index in [-0.39, 0.29) is 11.7 Å². The van der Waals surface area contributed by atoms with Crippen LogP contribution in [0.4, 0.5) is 0 Å². The van der Waals surface area contributed by atoms with Crippen molar-refractivity contribution in [3.63, 3.8) is 0 Å². The van der Waals surface area contributed by atoms with Gasteiger partial charge in [-0.15, -0.1) is 11.8 Å². The highest BCUT2D eigenvalue weighted by molar-refractivity contribution is 7.99. The first-order chi connectivity index (χ1) is 13.3. The van der Waals surface area contributed by atoms with Crippen molar-refractivity contribution in [2.24, 2.45) is 0 Å². The van der Waals surface area contributed by atoms with Gasteiger partial charge in [-0.25, -0.2) is 0 Å². The van der Waals surface area contributed by atoms with Gasteiger partial charge in [0.25, 0.3) is 0 Å². The number of methoxy groups -OCH3 is 2. The number of rotatable bonds is 9. The lowest BCUT2D eigenvalue weighted by Crippen LogP contribution is -2.28. The first-order valence-electron chi connectivity index (χ1n) is 8.67. The molecule has 0 atom stereocenters. The molecule has 0 radical (unpaired) electrons. The fourth-order valence-corrected chi connectivity index (χ4v) is 3.82. The third-order valence-corrected chi connectivity index (χ3v) is 5.45. The SMILES string of the molecule is COc1ccc(C(C)=O)cc1CSCC(=O)N(C)Cc1cc(Cl)ccc1OC. The fourth-order valence-electron chi connectivity index (χ4n) is 2.68. The van der Waals surface area contributed by atoms with Gasteiger partial charge in [0.15, 0.2) is 5.78 Å². The molecule has 0 aliphatic carbocycles. The summed E-state index contributed by atoms with van der Waals surface area (Å²) in [7, 11) is 4.93. The molecule has 2 aromatic rings. The van der Waals surface area contributed by atoms with Gasteiger partial charge < -0.3 is 14.4 Å². The molecule has 28 heavy (non-hydrogen) atoms. The molecule has 0 spiro atoms. The van der Waals surface area contributed by atoms with Gasteiger partial charge in [-0.3, -0.25) is 9.59 Å². The van der Waals surface area contributed by atoms with Crippen LogP contribution < -0.4 is 9.47 Å². The highest BCUT2D eigenvalue weighted by Crippen LogP contribution is 2.26. The molecule has 0 aliphatic rings. The van der Waals surface area contributed by atoms with E-state index in [1.54, 1.807) is 56.5 Å². The summed E-state index contributed by atoms with van der Waals surface area (Å²) < 4.78 is 10.7. The Morgan fingerprint density at radius 3 is 2.32 bits per heavy atom. The molecule has 5 nitrogen and oxygen atoms in total. The van der Waals surface area contributed by atoms with Gasteiger partial charge in [0.2, 0.25) is 5.91 Å². The highest BCUT2D eigenvalue weighted by atomic mass is 35.5. The Labute approximate surface area is 175 Å². The van der Waals surface area contributed by atoms with Crippen LogP contribution in [0, 0.1) is 0 Å². The summed E-state index contributed by atoms with van der Waals surface area (Å²) in [6, 6.07) is 10.7. The van der Waals surface area contributed by atoms with Gasteiger partial charge in [0.1, 0.15) is 11.5 Å². The number of Topliss-reactive ketones (excluding diaryl/α,β-unsaturated/α-hetero) is 1. The Morgan fingerprint density at radius 2 is 1.68 bits per heavy atom. The van der Waals surface area contributed by atoms with Gasteiger partial charge in [-0.05, 0) is 43.3 Å². The Bertz CT molecular complexity index is 856. The molecule has 0 saturated heterocycles. The Hall–Kier alpha value is -2.18. The molecule has 7 heteroatoms. The normalized spacial score (nSPS) is 10.5. The largest absolute Gasteiger partial charge is 0.496 e. The third kappa shape index (κ3) is 5.91. The average Bonchev–Trinajstić information content (AvgIpc) is 2.67. The minimum atomic E-state index is -0.00582. The summed E-state index contributed by atoms with van der Waals surface area (Å²) in [5.74, 6) is 2.29. The number of benzene rings is 2. The summed E-state index contributed by atoms with van der Waals surface area (Å²) in [5.41, 5.74) is 2.38. The molecular weight excluding hydrogens is 398 g/mol. The summed E-state index contributed by atoms with van der Waals surface area (Å²) >= 11 is 7.53. The van der Waals surface area contributed by atoms with E-state index in [2.05, 4.69) is 0 Å². The van der Waals surface area contributed by atoms with E-state index in [1.807, 2.05) is 6.07 Å². The molecule has 0 aromatic heterocycles. The monoisotopic (exact) mass is 421 g/mol. The number of halogens is 1. The van der Waals surface area contributed by atoms with Crippen molar-refractivity contribution in [1.29, 1.82) is 0 Å². The minimum Gasteiger partial charge on any atom is -0.496 e.